The third-order valence-electron chi connectivity index (χ3n) is 5.33. The Balaban J connectivity index is 0.000000139. The van der Waals surface area contributed by atoms with Gasteiger partial charge in [0.05, 0.1) is 25.6 Å². The van der Waals surface area contributed by atoms with E-state index in [1.807, 2.05) is 12.3 Å². The fourth-order valence-corrected chi connectivity index (χ4v) is 3.87. The van der Waals surface area contributed by atoms with Crippen LogP contribution in [-0.2, 0) is 4.74 Å². The quantitative estimate of drug-likeness (QED) is 0.825. The molecule has 28 heavy (non-hydrogen) atoms. The minimum Gasteiger partial charge on any atom is -0.378 e. The smallest absolute Gasteiger partial charge is 0.152 e. The maximum atomic E-state index is 12.9. The zero-order valence-corrected chi connectivity index (χ0v) is 16.2. The number of morpholine rings is 1. The molecule has 2 aromatic rings. The zero-order valence-electron chi connectivity index (χ0n) is 16.2. The van der Waals surface area contributed by atoms with Gasteiger partial charge >= 0.3 is 0 Å². The molecule has 6 nitrogen and oxygen atoms in total. The van der Waals surface area contributed by atoms with Crippen molar-refractivity contribution in [2.24, 2.45) is 0 Å². The van der Waals surface area contributed by atoms with Crippen LogP contribution in [0.15, 0.2) is 36.5 Å². The lowest BCUT2D eigenvalue weighted by atomic mass is 10.1. The van der Waals surface area contributed by atoms with Crippen LogP contribution in [0.4, 0.5) is 27.3 Å². The normalized spacial score (nSPS) is 18.5. The number of hydrogen-bond acceptors (Lipinski definition) is 6. The van der Waals surface area contributed by atoms with Crippen molar-refractivity contribution in [3.63, 3.8) is 0 Å². The molecule has 2 fully saturated rings. The summed E-state index contributed by atoms with van der Waals surface area (Å²) in [6.45, 7) is 6.45. The van der Waals surface area contributed by atoms with E-state index in [9.17, 15) is 4.39 Å². The lowest BCUT2D eigenvalue weighted by Crippen LogP contribution is -2.36. The first-order valence-corrected chi connectivity index (χ1v) is 10.1. The molecule has 0 aliphatic carbocycles. The first-order chi connectivity index (χ1) is 13.8. The molecule has 4 heterocycles. The molecule has 1 aromatic heterocycles. The number of halogens is 1. The Hall–Kier alpha value is -2.54. The average Bonchev–Trinajstić information content (AvgIpc) is 3.24. The Kier molecular flexibility index (Phi) is 6.11. The van der Waals surface area contributed by atoms with E-state index in [1.165, 1.54) is 31.0 Å². The van der Waals surface area contributed by atoms with E-state index >= 15 is 0 Å². The van der Waals surface area contributed by atoms with Crippen molar-refractivity contribution in [2.75, 3.05) is 66.5 Å². The number of rotatable bonds is 2. The molecule has 0 radical (unpaired) electrons. The summed E-state index contributed by atoms with van der Waals surface area (Å²) < 4.78 is 18.2. The molecule has 1 aromatic carbocycles. The lowest BCUT2D eigenvalue weighted by molar-refractivity contribution is 0.123. The minimum atomic E-state index is -0.136. The molecule has 0 amide bonds. The van der Waals surface area contributed by atoms with Crippen molar-refractivity contribution < 1.29 is 9.13 Å². The predicted molar refractivity (Wildman–Crippen MR) is 112 cm³/mol. The number of benzene rings is 1. The molecule has 7 heteroatoms. The van der Waals surface area contributed by atoms with Gasteiger partial charge in [0.15, 0.2) is 5.82 Å². The Labute approximate surface area is 165 Å². The van der Waals surface area contributed by atoms with Gasteiger partial charge in [-0.05, 0) is 43.5 Å². The highest BCUT2D eigenvalue weighted by Gasteiger charge is 2.20. The number of ether oxygens (including phenoxy) is 1. The van der Waals surface area contributed by atoms with Gasteiger partial charge < -0.3 is 25.2 Å². The Bertz CT molecular complexity index is 775. The highest BCUT2D eigenvalue weighted by atomic mass is 19.1. The zero-order chi connectivity index (χ0) is 19.2. The van der Waals surface area contributed by atoms with Crippen molar-refractivity contribution in [2.45, 2.75) is 19.3 Å². The van der Waals surface area contributed by atoms with E-state index in [2.05, 4.69) is 31.5 Å². The fourth-order valence-electron chi connectivity index (χ4n) is 3.87. The van der Waals surface area contributed by atoms with E-state index in [4.69, 9.17) is 4.74 Å². The Morgan fingerprint density at radius 1 is 0.929 bits per heavy atom. The summed E-state index contributed by atoms with van der Waals surface area (Å²) in [6, 6.07) is 8.93. The van der Waals surface area contributed by atoms with Gasteiger partial charge in [-0.1, -0.05) is 6.07 Å². The van der Waals surface area contributed by atoms with Crippen LogP contribution < -0.4 is 20.4 Å². The lowest BCUT2D eigenvalue weighted by Gasteiger charge is -2.29. The van der Waals surface area contributed by atoms with Gasteiger partial charge in [-0.3, -0.25) is 0 Å². The number of fused-ring (bicyclic) bond motifs is 1. The van der Waals surface area contributed by atoms with Crippen molar-refractivity contribution in [1.29, 1.82) is 0 Å². The maximum absolute atomic E-state index is 12.9. The number of aromatic nitrogens is 1. The van der Waals surface area contributed by atoms with Gasteiger partial charge in [0, 0.05) is 38.1 Å². The molecule has 0 saturated carbocycles. The summed E-state index contributed by atoms with van der Waals surface area (Å²) >= 11 is 0. The van der Waals surface area contributed by atoms with Gasteiger partial charge in [0.1, 0.15) is 11.5 Å². The van der Waals surface area contributed by atoms with Crippen LogP contribution in [0.3, 0.4) is 0 Å². The second-order valence-corrected chi connectivity index (χ2v) is 7.21. The van der Waals surface area contributed by atoms with Crippen LogP contribution in [0.5, 0.6) is 0 Å². The van der Waals surface area contributed by atoms with E-state index in [0.717, 1.165) is 63.3 Å². The van der Waals surface area contributed by atoms with Crippen LogP contribution >= 0.6 is 0 Å². The molecule has 150 valence electrons. The molecule has 0 bridgehead atoms. The predicted octanol–water partition coefficient (Wildman–Crippen LogP) is 3.53. The highest BCUT2D eigenvalue weighted by molar-refractivity contribution is 5.83. The number of pyridine rings is 1. The number of nitrogens with zero attached hydrogens (tertiary/aromatic N) is 3. The molecular formula is C21H28FN5O. The molecule has 5 rings (SSSR count). The summed E-state index contributed by atoms with van der Waals surface area (Å²) in [5.41, 5.74) is 3.38. The summed E-state index contributed by atoms with van der Waals surface area (Å²) in [4.78, 5) is 8.88. The molecule has 2 saturated heterocycles. The van der Waals surface area contributed by atoms with Crippen molar-refractivity contribution in [3.05, 3.63) is 42.3 Å². The SMILES string of the molecule is Fc1cccc(N2CCCCC2)c1.c1cc(N2CCOCC2)c2c(n1)NCN2. The molecule has 3 aliphatic rings. The topological polar surface area (TPSA) is 52.7 Å². The van der Waals surface area contributed by atoms with Gasteiger partial charge in [-0.15, -0.1) is 0 Å². The van der Waals surface area contributed by atoms with Crippen LogP contribution in [0.2, 0.25) is 0 Å². The summed E-state index contributed by atoms with van der Waals surface area (Å²) in [6.07, 6.45) is 5.63. The second-order valence-electron chi connectivity index (χ2n) is 7.21. The molecule has 2 N–H and O–H groups in total. The Morgan fingerprint density at radius 3 is 2.54 bits per heavy atom. The van der Waals surface area contributed by atoms with Gasteiger partial charge in [-0.25, -0.2) is 9.37 Å². The molecular weight excluding hydrogens is 357 g/mol. The maximum Gasteiger partial charge on any atom is 0.152 e. The third kappa shape index (κ3) is 4.47. The fraction of sp³-hybridized carbons (Fsp3) is 0.476. The molecule has 3 aliphatic heterocycles. The number of hydrogen-bond donors (Lipinski definition) is 2. The van der Waals surface area contributed by atoms with E-state index in [-0.39, 0.29) is 5.82 Å². The van der Waals surface area contributed by atoms with Crippen LogP contribution in [-0.4, -0.2) is 51.0 Å². The number of nitrogens with one attached hydrogen (secondary N) is 2. The molecule has 0 atom stereocenters. The van der Waals surface area contributed by atoms with E-state index in [1.54, 1.807) is 12.1 Å². The first-order valence-electron chi connectivity index (χ1n) is 10.1. The van der Waals surface area contributed by atoms with Crippen molar-refractivity contribution >= 4 is 22.9 Å². The molecule has 0 unspecified atom stereocenters. The summed E-state index contributed by atoms with van der Waals surface area (Å²) in [5, 5.41) is 6.51. The summed E-state index contributed by atoms with van der Waals surface area (Å²) in [5.74, 6) is 0.821. The first kappa shape index (κ1) is 18.8. The third-order valence-corrected chi connectivity index (χ3v) is 5.33. The van der Waals surface area contributed by atoms with E-state index in [0.29, 0.717) is 0 Å². The summed E-state index contributed by atoms with van der Waals surface area (Å²) in [7, 11) is 0. The van der Waals surface area contributed by atoms with Crippen molar-refractivity contribution in [3.8, 4) is 0 Å². The van der Waals surface area contributed by atoms with Gasteiger partial charge in [0.2, 0.25) is 0 Å². The van der Waals surface area contributed by atoms with Crippen LogP contribution in [0.25, 0.3) is 0 Å². The average molecular weight is 385 g/mol. The second kappa shape index (κ2) is 9.10. The standard InChI is InChI=1S/C11H14FN.C10H14N4O/c12-10-5-4-6-11(9-10)13-7-2-1-3-8-13;1-2-11-10-9(12-7-13-10)8(1)14-3-5-15-6-4-14/h4-6,9H,1-3,7-8H2;1-2,12H,3-7H2,(H,11,13). The Morgan fingerprint density at radius 2 is 1.75 bits per heavy atom. The van der Waals surface area contributed by atoms with Gasteiger partial charge in [-0.2, -0.15) is 0 Å². The minimum absolute atomic E-state index is 0.136. The van der Waals surface area contributed by atoms with Gasteiger partial charge in [0.25, 0.3) is 0 Å². The molecule has 0 spiro atoms. The van der Waals surface area contributed by atoms with E-state index < -0.39 is 0 Å². The number of piperidine rings is 1. The van der Waals surface area contributed by atoms with Crippen LogP contribution in [0, 0.1) is 5.82 Å². The van der Waals surface area contributed by atoms with Crippen molar-refractivity contribution in [1.82, 2.24) is 4.98 Å². The highest BCUT2D eigenvalue weighted by Crippen LogP contribution is 2.34. The van der Waals surface area contributed by atoms with Crippen LogP contribution in [0.1, 0.15) is 19.3 Å². The number of anilines is 4. The largest absolute Gasteiger partial charge is 0.378 e. The monoisotopic (exact) mass is 385 g/mol.